The number of benzene rings is 1. The third-order valence-corrected chi connectivity index (χ3v) is 4.09. The van der Waals surface area contributed by atoms with Crippen LogP contribution in [0.2, 0.25) is 0 Å². The van der Waals surface area contributed by atoms with Crippen molar-refractivity contribution in [1.29, 1.82) is 0 Å². The van der Waals surface area contributed by atoms with Gasteiger partial charge in [-0.25, -0.2) is 8.78 Å². The minimum atomic E-state index is -0.532. The van der Waals surface area contributed by atoms with E-state index >= 15 is 0 Å². The fourth-order valence-electron chi connectivity index (χ4n) is 3.10. The van der Waals surface area contributed by atoms with Crippen LogP contribution in [0.5, 0.6) is 0 Å². The molecule has 0 bridgehead atoms. The van der Waals surface area contributed by atoms with E-state index in [4.69, 9.17) is 4.74 Å². The standard InChI is InChI=1S/C15H20F2N2O/c16-12-4-11(5-13(17)6-12)7-18-8-15-9-19-3-1-2-14(19)10-20-15/h4-6,14-15,18H,1-3,7-10H2. The first-order valence-electron chi connectivity index (χ1n) is 7.22. The Bertz CT molecular complexity index is 449. The first-order valence-corrected chi connectivity index (χ1v) is 7.22. The van der Waals surface area contributed by atoms with E-state index in [1.54, 1.807) is 0 Å². The maximum Gasteiger partial charge on any atom is 0.126 e. The van der Waals surface area contributed by atoms with E-state index in [-0.39, 0.29) is 6.10 Å². The highest BCUT2D eigenvalue weighted by molar-refractivity contribution is 5.17. The van der Waals surface area contributed by atoms with E-state index in [1.165, 1.54) is 31.5 Å². The average molecular weight is 282 g/mol. The summed E-state index contributed by atoms with van der Waals surface area (Å²) in [7, 11) is 0. The lowest BCUT2D eigenvalue weighted by Gasteiger charge is -2.35. The maximum atomic E-state index is 13.1. The molecule has 0 radical (unpaired) electrons. The van der Waals surface area contributed by atoms with Crippen molar-refractivity contribution in [1.82, 2.24) is 10.2 Å². The number of rotatable bonds is 4. The Morgan fingerprint density at radius 2 is 2.05 bits per heavy atom. The average Bonchev–Trinajstić information content (AvgIpc) is 2.85. The van der Waals surface area contributed by atoms with Crippen LogP contribution in [-0.2, 0) is 11.3 Å². The number of halogens is 2. The first kappa shape index (κ1) is 13.9. The van der Waals surface area contributed by atoms with E-state index in [1.807, 2.05) is 0 Å². The van der Waals surface area contributed by atoms with Crippen LogP contribution in [-0.4, -0.2) is 43.3 Å². The quantitative estimate of drug-likeness (QED) is 0.913. The van der Waals surface area contributed by atoms with Crippen molar-refractivity contribution < 1.29 is 13.5 Å². The van der Waals surface area contributed by atoms with Crippen molar-refractivity contribution in [3.05, 3.63) is 35.4 Å². The van der Waals surface area contributed by atoms with Gasteiger partial charge in [-0.3, -0.25) is 4.90 Å². The van der Waals surface area contributed by atoms with Crippen LogP contribution >= 0.6 is 0 Å². The van der Waals surface area contributed by atoms with Crippen molar-refractivity contribution in [2.75, 3.05) is 26.2 Å². The summed E-state index contributed by atoms with van der Waals surface area (Å²) in [6, 6.07) is 4.20. The number of nitrogens with zero attached hydrogens (tertiary/aromatic N) is 1. The van der Waals surface area contributed by atoms with E-state index in [9.17, 15) is 8.78 Å². The predicted molar refractivity (Wildman–Crippen MR) is 72.4 cm³/mol. The van der Waals surface area contributed by atoms with Crippen molar-refractivity contribution in [3.63, 3.8) is 0 Å². The van der Waals surface area contributed by atoms with Gasteiger partial charge in [-0.2, -0.15) is 0 Å². The summed E-state index contributed by atoms with van der Waals surface area (Å²) in [5.41, 5.74) is 0.623. The van der Waals surface area contributed by atoms with Crippen LogP contribution < -0.4 is 5.32 Å². The molecular formula is C15H20F2N2O. The van der Waals surface area contributed by atoms with Crippen LogP contribution in [0.25, 0.3) is 0 Å². The Morgan fingerprint density at radius 3 is 2.85 bits per heavy atom. The zero-order valence-corrected chi connectivity index (χ0v) is 11.4. The number of ether oxygens (including phenoxy) is 1. The molecule has 1 N–H and O–H groups in total. The van der Waals surface area contributed by atoms with Crippen LogP contribution in [0, 0.1) is 11.6 Å². The molecule has 3 rings (SSSR count). The van der Waals surface area contributed by atoms with Gasteiger partial charge in [0.1, 0.15) is 11.6 Å². The number of hydrogen-bond donors (Lipinski definition) is 1. The Hall–Kier alpha value is -1.04. The minimum absolute atomic E-state index is 0.169. The number of nitrogens with one attached hydrogen (secondary N) is 1. The number of fused-ring (bicyclic) bond motifs is 1. The van der Waals surface area contributed by atoms with Gasteiger partial charge in [0.05, 0.1) is 12.7 Å². The van der Waals surface area contributed by atoms with Crippen LogP contribution in [0.4, 0.5) is 8.78 Å². The van der Waals surface area contributed by atoms with E-state index in [0.29, 0.717) is 24.7 Å². The van der Waals surface area contributed by atoms with Gasteiger partial charge in [0.2, 0.25) is 0 Å². The smallest absolute Gasteiger partial charge is 0.126 e. The highest BCUT2D eigenvalue weighted by Gasteiger charge is 2.31. The van der Waals surface area contributed by atoms with E-state index < -0.39 is 11.6 Å². The summed E-state index contributed by atoms with van der Waals surface area (Å²) in [5.74, 6) is -1.06. The Morgan fingerprint density at radius 1 is 1.25 bits per heavy atom. The summed E-state index contributed by atoms with van der Waals surface area (Å²) in [5, 5.41) is 3.22. The molecule has 2 aliphatic rings. The lowest BCUT2D eigenvalue weighted by Crippen LogP contribution is -2.49. The van der Waals surface area contributed by atoms with Gasteiger partial charge in [0, 0.05) is 31.7 Å². The fraction of sp³-hybridized carbons (Fsp3) is 0.600. The summed E-state index contributed by atoms with van der Waals surface area (Å²) in [4.78, 5) is 2.48. The second-order valence-electron chi connectivity index (χ2n) is 5.65. The first-order chi connectivity index (χ1) is 9.70. The zero-order valence-electron chi connectivity index (χ0n) is 11.4. The molecule has 5 heteroatoms. The van der Waals surface area contributed by atoms with Crippen LogP contribution in [0.1, 0.15) is 18.4 Å². The maximum absolute atomic E-state index is 13.1. The summed E-state index contributed by atoms with van der Waals surface area (Å²) in [6.45, 7) is 4.09. The molecule has 0 saturated carbocycles. The van der Waals surface area contributed by atoms with Crippen LogP contribution in [0.15, 0.2) is 18.2 Å². The Kier molecular flexibility index (Phi) is 4.29. The lowest BCUT2D eigenvalue weighted by molar-refractivity contribution is -0.0470. The number of morpholine rings is 1. The lowest BCUT2D eigenvalue weighted by atomic mass is 10.2. The van der Waals surface area contributed by atoms with E-state index in [0.717, 1.165) is 19.2 Å². The van der Waals surface area contributed by atoms with Gasteiger partial charge < -0.3 is 10.1 Å². The molecule has 2 aliphatic heterocycles. The Labute approximate surface area is 117 Å². The largest absolute Gasteiger partial charge is 0.374 e. The molecule has 0 spiro atoms. The van der Waals surface area contributed by atoms with Crippen molar-refractivity contribution in [2.45, 2.75) is 31.5 Å². The van der Waals surface area contributed by atoms with Gasteiger partial charge in [0.15, 0.2) is 0 Å². The third kappa shape index (κ3) is 3.34. The molecule has 2 saturated heterocycles. The summed E-state index contributed by atoms with van der Waals surface area (Å²) < 4.78 is 31.9. The predicted octanol–water partition coefficient (Wildman–Crippen LogP) is 1.92. The van der Waals surface area contributed by atoms with Gasteiger partial charge >= 0.3 is 0 Å². The molecule has 2 atom stereocenters. The normalized spacial score (nSPS) is 26.7. The van der Waals surface area contributed by atoms with Crippen molar-refractivity contribution >= 4 is 0 Å². The molecule has 110 valence electrons. The second kappa shape index (κ2) is 6.16. The highest BCUT2D eigenvalue weighted by atomic mass is 19.1. The van der Waals surface area contributed by atoms with Gasteiger partial charge in [-0.1, -0.05) is 0 Å². The van der Waals surface area contributed by atoms with Crippen molar-refractivity contribution in [2.24, 2.45) is 0 Å². The molecule has 2 fully saturated rings. The SMILES string of the molecule is Fc1cc(F)cc(CNCC2CN3CCCC3CO2)c1. The molecular weight excluding hydrogens is 262 g/mol. The van der Waals surface area contributed by atoms with Gasteiger partial charge in [0.25, 0.3) is 0 Å². The molecule has 20 heavy (non-hydrogen) atoms. The Balaban J connectivity index is 1.45. The van der Waals surface area contributed by atoms with Crippen molar-refractivity contribution in [3.8, 4) is 0 Å². The third-order valence-electron chi connectivity index (χ3n) is 4.09. The topological polar surface area (TPSA) is 24.5 Å². The van der Waals surface area contributed by atoms with Crippen LogP contribution in [0.3, 0.4) is 0 Å². The monoisotopic (exact) mass is 282 g/mol. The minimum Gasteiger partial charge on any atom is -0.374 e. The highest BCUT2D eigenvalue weighted by Crippen LogP contribution is 2.22. The summed E-state index contributed by atoms with van der Waals surface area (Å²) >= 11 is 0. The molecule has 0 aliphatic carbocycles. The number of hydrogen-bond acceptors (Lipinski definition) is 3. The molecule has 0 amide bonds. The molecule has 3 nitrogen and oxygen atoms in total. The van der Waals surface area contributed by atoms with E-state index in [2.05, 4.69) is 10.2 Å². The summed E-state index contributed by atoms with van der Waals surface area (Å²) in [6.07, 6.45) is 2.67. The second-order valence-corrected chi connectivity index (χ2v) is 5.65. The fourth-order valence-corrected chi connectivity index (χ4v) is 3.10. The molecule has 2 heterocycles. The molecule has 2 unspecified atom stereocenters. The van der Waals surface area contributed by atoms with Gasteiger partial charge in [-0.15, -0.1) is 0 Å². The van der Waals surface area contributed by atoms with Gasteiger partial charge in [-0.05, 0) is 37.1 Å². The molecule has 1 aromatic carbocycles. The molecule has 1 aromatic rings. The molecule has 0 aromatic heterocycles. The zero-order chi connectivity index (χ0) is 13.9.